The van der Waals surface area contributed by atoms with E-state index in [0.29, 0.717) is 41.1 Å². The number of carbonyl (C=O) groups is 2. The maximum atomic E-state index is 13.9. The molecule has 2 aliphatic carbocycles. The Balaban J connectivity index is 1.12. The van der Waals surface area contributed by atoms with Crippen molar-refractivity contribution >= 4 is 11.8 Å². The van der Waals surface area contributed by atoms with Gasteiger partial charge in [-0.1, -0.05) is 62.1 Å². The Labute approximate surface area is 299 Å². The van der Waals surface area contributed by atoms with E-state index in [9.17, 15) is 14.7 Å². The summed E-state index contributed by atoms with van der Waals surface area (Å²) in [6.45, 7) is 16.0. The zero-order chi connectivity index (χ0) is 36.4. The highest BCUT2D eigenvalue weighted by atomic mass is 16.8. The summed E-state index contributed by atoms with van der Waals surface area (Å²) in [6.07, 6.45) is 4.69. The van der Waals surface area contributed by atoms with E-state index in [0.717, 1.165) is 11.1 Å². The molecule has 0 radical (unpaired) electrons. The molecule has 0 aromatic heterocycles. The first-order valence-electron chi connectivity index (χ1n) is 18.0. The van der Waals surface area contributed by atoms with E-state index in [1.807, 2.05) is 58.0 Å². The van der Waals surface area contributed by atoms with Crippen LogP contribution in [0.3, 0.4) is 0 Å². The van der Waals surface area contributed by atoms with Crippen LogP contribution in [0.5, 0.6) is 11.5 Å². The number of ketones is 1. The van der Waals surface area contributed by atoms with Crippen molar-refractivity contribution in [2.45, 2.75) is 107 Å². The highest BCUT2D eigenvalue weighted by Crippen LogP contribution is 2.80. The topological polar surface area (TPSA) is 110 Å². The number of esters is 1. The van der Waals surface area contributed by atoms with Gasteiger partial charge >= 0.3 is 5.97 Å². The summed E-state index contributed by atoms with van der Waals surface area (Å²) < 4.78 is 38.7. The lowest BCUT2D eigenvalue weighted by atomic mass is 9.56. The SMILES string of the molecule is C=C(C)[C@]12C[C@@H](C)[C@@]34O[C@]15[C@H](O[C@]5(Cc1ccccc1)O2)[C@@H]3C=C(COC(=O)Cc1ccc(OC(C)(C)C)c(OC)c1)C[C@]1(O)C(=O)C(C)=C[C@@H]41. The third kappa shape index (κ3) is 4.54. The summed E-state index contributed by atoms with van der Waals surface area (Å²) in [6, 6.07) is 15.5. The number of Topliss-reactive ketones (excluding diaryl/α,β-unsaturated/α-hetero) is 1. The molecule has 9 heteroatoms. The summed E-state index contributed by atoms with van der Waals surface area (Å²) in [4.78, 5) is 27.2. The number of aliphatic hydroxyl groups is 1. The maximum absolute atomic E-state index is 13.9. The van der Waals surface area contributed by atoms with Crippen molar-refractivity contribution in [3.8, 4) is 11.5 Å². The lowest BCUT2D eigenvalue weighted by Gasteiger charge is -2.78. The molecule has 9 atom stereocenters. The van der Waals surface area contributed by atoms with Crippen molar-refractivity contribution in [3.05, 3.63) is 95.1 Å². The van der Waals surface area contributed by atoms with Crippen LogP contribution < -0.4 is 9.47 Å². The first-order chi connectivity index (χ1) is 24.0. The van der Waals surface area contributed by atoms with Gasteiger partial charge in [-0.3, -0.25) is 9.59 Å². The van der Waals surface area contributed by atoms with Crippen molar-refractivity contribution in [3.63, 3.8) is 0 Å². The molecule has 4 saturated heterocycles. The molecule has 4 heterocycles. The van der Waals surface area contributed by atoms with Crippen LogP contribution in [-0.4, -0.2) is 70.5 Å². The fourth-order valence-electron chi connectivity index (χ4n) is 10.3. The molecule has 51 heavy (non-hydrogen) atoms. The molecule has 0 amide bonds. The maximum Gasteiger partial charge on any atom is 0.310 e. The van der Waals surface area contributed by atoms with Gasteiger partial charge in [0.2, 0.25) is 5.79 Å². The van der Waals surface area contributed by atoms with Gasteiger partial charge in [0.15, 0.2) is 22.9 Å². The minimum Gasteiger partial charge on any atom is -0.493 e. The molecule has 0 unspecified atom stereocenters. The van der Waals surface area contributed by atoms with Gasteiger partial charge in [-0.05, 0) is 86.9 Å². The summed E-state index contributed by atoms with van der Waals surface area (Å²) >= 11 is 0. The second kappa shape index (κ2) is 11.1. The smallest absolute Gasteiger partial charge is 0.310 e. The highest BCUT2D eigenvalue weighted by molar-refractivity contribution is 6.05. The van der Waals surface area contributed by atoms with Gasteiger partial charge in [0, 0.05) is 24.7 Å². The molecule has 2 aromatic carbocycles. The van der Waals surface area contributed by atoms with Gasteiger partial charge in [0.05, 0.1) is 19.1 Å². The molecule has 2 aromatic rings. The standard InChI is InChI=1S/C42H48O9/c1-24(2)39-20-26(4)41-30(36-42(39,51-41)40(49-36,50-39)22-27-12-10-9-11-13-27)17-29(21-38(45)33(41)16-25(3)35(38)44)23-47-34(43)19-28-14-15-31(32(18-28)46-8)48-37(5,6)7/h9-18,26,30,33,36,45H,1,19-23H2,2-8H3/t26-,30+,33-,36-,38-,39-,40-,41-,42-/m1/s1. The normalized spacial score (nSPS) is 38.5. The molecule has 270 valence electrons. The number of fused-ring (bicyclic) bond motifs is 2. The lowest BCUT2D eigenvalue weighted by Crippen LogP contribution is -2.95. The van der Waals surface area contributed by atoms with Crippen molar-refractivity contribution in [2.24, 2.45) is 17.8 Å². The van der Waals surface area contributed by atoms with Gasteiger partial charge in [-0.25, -0.2) is 0 Å². The summed E-state index contributed by atoms with van der Waals surface area (Å²) in [7, 11) is 1.56. The van der Waals surface area contributed by atoms with Crippen molar-refractivity contribution < 1.29 is 43.1 Å². The fraction of sp³-hybridized carbons (Fsp3) is 0.524. The molecule has 9 nitrogen and oxygen atoms in total. The van der Waals surface area contributed by atoms with Crippen LogP contribution in [0.4, 0.5) is 0 Å². The number of carbonyl (C=O) groups excluding carboxylic acids is 2. The van der Waals surface area contributed by atoms with E-state index < -0.39 is 51.8 Å². The molecule has 2 bridgehead atoms. The highest BCUT2D eigenvalue weighted by Gasteiger charge is 2.97. The van der Waals surface area contributed by atoms with Crippen LogP contribution in [0.2, 0.25) is 0 Å². The van der Waals surface area contributed by atoms with E-state index in [1.165, 1.54) is 0 Å². The molecule has 8 rings (SSSR count). The van der Waals surface area contributed by atoms with Gasteiger partial charge in [-0.15, -0.1) is 0 Å². The van der Waals surface area contributed by atoms with Crippen LogP contribution in [0, 0.1) is 17.8 Å². The first-order valence-corrected chi connectivity index (χ1v) is 18.0. The van der Waals surface area contributed by atoms with Gasteiger partial charge in [0.25, 0.3) is 0 Å². The summed E-state index contributed by atoms with van der Waals surface area (Å²) in [5.41, 5.74) is -0.993. The second-order valence-corrected chi connectivity index (χ2v) is 16.6. The van der Waals surface area contributed by atoms with E-state index in [4.69, 9.17) is 28.4 Å². The number of benzene rings is 2. The average Bonchev–Trinajstić information content (AvgIpc) is 3.42. The minimum atomic E-state index is -1.77. The molecule has 4 aliphatic heterocycles. The van der Waals surface area contributed by atoms with E-state index in [1.54, 1.807) is 26.2 Å². The largest absolute Gasteiger partial charge is 0.493 e. The minimum absolute atomic E-state index is 0.00869. The summed E-state index contributed by atoms with van der Waals surface area (Å²) in [5.74, 6) is -1.81. The Morgan fingerprint density at radius 3 is 2.49 bits per heavy atom. The van der Waals surface area contributed by atoms with Crippen molar-refractivity contribution in [1.82, 2.24) is 0 Å². The van der Waals surface area contributed by atoms with Crippen LogP contribution in [-0.2, 0) is 41.4 Å². The Morgan fingerprint density at radius 2 is 1.80 bits per heavy atom. The Morgan fingerprint density at radius 1 is 1.06 bits per heavy atom. The number of hydrogen-bond donors (Lipinski definition) is 1. The Hall–Kier alpha value is -3.76. The second-order valence-electron chi connectivity index (χ2n) is 16.6. The zero-order valence-electron chi connectivity index (χ0n) is 30.5. The Kier molecular flexibility index (Phi) is 7.49. The number of ether oxygens (including phenoxy) is 6. The molecular formula is C42H48O9. The van der Waals surface area contributed by atoms with Crippen LogP contribution >= 0.6 is 0 Å². The molecule has 4 fully saturated rings. The lowest BCUT2D eigenvalue weighted by molar-refractivity contribution is -0.582. The molecule has 6 aliphatic rings. The van der Waals surface area contributed by atoms with Gasteiger partial charge in [-0.2, -0.15) is 0 Å². The van der Waals surface area contributed by atoms with E-state index in [-0.39, 0.29) is 37.1 Å². The van der Waals surface area contributed by atoms with Crippen molar-refractivity contribution in [1.29, 1.82) is 0 Å². The van der Waals surface area contributed by atoms with Gasteiger partial charge in [0.1, 0.15) is 29.5 Å². The van der Waals surface area contributed by atoms with Gasteiger partial charge < -0.3 is 33.5 Å². The quantitative estimate of drug-likeness (QED) is 0.249. The monoisotopic (exact) mass is 696 g/mol. The number of methoxy groups -OCH3 is 1. The zero-order valence-corrected chi connectivity index (χ0v) is 30.5. The van der Waals surface area contributed by atoms with Crippen LogP contribution in [0.1, 0.15) is 65.5 Å². The van der Waals surface area contributed by atoms with Crippen molar-refractivity contribution in [2.75, 3.05) is 13.7 Å². The first kappa shape index (κ1) is 34.3. The number of rotatable bonds is 9. The predicted molar refractivity (Wildman–Crippen MR) is 188 cm³/mol. The van der Waals surface area contributed by atoms with Crippen LogP contribution in [0.25, 0.3) is 0 Å². The average molecular weight is 697 g/mol. The molecule has 2 spiro atoms. The third-order valence-electron chi connectivity index (χ3n) is 12.2. The molecule has 1 N–H and O–H groups in total. The number of hydrogen-bond acceptors (Lipinski definition) is 9. The third-order valence-corrected chi connectivity index (χ3v) is 12.2. The predicted octanol–water partition coefficient (Wildman–Crippen LogP) is 6.01. The van der Waals surface area contributed by atoms with Crippen LogP contribution in [0.15, 0.2) is 84.0 Å². The molecular weight excluding hydrogens is 648 g/mol. The fourth-order valence-corrected chi connectivity index (χ4v) is 10.3. The summed E-state index contributed by atoms with van der Waals surface area (Å²) in [5, 5.41) is 12.5. The molecule has 0 saturated carbocycles. The van der Waals surface area contributed by atoms with E-state index in [2.05, 4.69) is 31.7 Å². The van der Waals surface area contributed by atoms with E-state index >= 15 is 0 Å². The Bertz CT molecular complexity index is 1890.